The molecule has 2 aromatic rings. The molecule has 0 saturated carbocycles. The van der Waals surface area contributed by atoms with Crippen molar-refractivity contribution < 1.29 is 13.6 Å². The number of hydrogen-bond donors (Lipinski definition) is 0. The number of carbonyl (C=O) groups is 1. The van der Waals surface area contributed by atoms with E-state index in [2.05, 4.69) is 0 Å². The summed E-state index contributed by atoms with van der Waals surface area (Å²) in [5, 5.41) is 0.338. The molecule has 1 saturated heterocycles. The highest BCUT2D eigenvalue weighted by Gasteiger charge is 2.25. The molecule has 2 aromatic heterocycles. The van der Waals surface area contributed by atoms with Crippen LogP contribution < -0.4 is 0 Å². The fraction of sp³-hybridized carbons (Fsp3) is 0.438. The second-order valence-electron chi connectivity index (χ2n) is 5.28. The van der Waals surface area contributed by atoms with E-state index in [-0.39, 0.29) is 5.91 Å². The quantitative estimate of drug-likeness (QED) is 0.846. The van der Waals surface area contributed by atoms with Gasteiger partial charge in [0.05, 0.1) is 17.1 Å². The maximum Gasteiger partial charge on any atom is 0.257 e. The smallest absolute Gasteiger partial charge is 0.257 e. The van der Waals surface area contributed by atoms with Crippen LogP contribution in [-0.2, 0) is 0 Å². The summed E-state index contributed by atoms with van der Waals surface area (Å²) in [5.74, 6) is 3.49. The number of rotatable bonds is 2. The number of carbonyl (C=O) groups excluding carboxylic acids is 1. The van der Waals surface area contributed by atoms with E-state index in [0.717, 1.165) is 36.8 Å². The SMILES string of the molecule is Cc1cc(C(=O)N2CCSC(c3ccco3)CC2)c(C)o1. The van der Waals surface area contributed by atoms with E-state index in [1.807, 2.05) is 48.7 Å². The van der Waals surface area contributed by atoms with E-state index in [1.165, 1.54) is 0 Å². The van der Waals surface area contributed by atoms with Crippen LogP contribution in [0.1, 0.15) is 39.3 Å². The van der Waals surface area contributed by atoms with Gasteiger partial charge in [0.25, 0.3) is 5.91 Å². The van der Waals surface area contributed by atoms with E-state index < -0.39 is 0 Å². The molecule has 0 aromatic carbocycles. The average Bonchev–Trinajstić information content (AvgIpc) is 3.02. The molecule has 0 spiro atoms. The van der Waals surface area contributed by atoms with Crippen molar-refractivity contribution in [1.29, 1.82) is 0 Å². The minimum Gasteiger partial charge on any atom is -0.468 e. The van der Waals surface area contributed by atoms with Crippen molar-refractivity contribution in [2.45, 2.75) is 25.5 Å². The molecule has 0 N–H and O–H groups in total. The van der Waals surface area contributed by atoms with Crippen molar-refractivity contribution in [1.82, 2.24) is 4.90 Å². The van der Waals surface area contributed by atoms with Gasteiger partial charge in [0.1, 0.15) is 17.3 Å². The Balaban J connectivity index is 1.70. The molecule has 5 heteroatoms. The number of furan rings is 2. The maximum absolute atomic E-state index is 12.6. The Morgan fingerprint density at radius 1 is 1.38 bits per heavy atom. The second-order valence-corrected chi connectivity index (χ2v) is 6.59. The van der Waals surface area contributed by atoms with Gasteiger partial charge in [0, 0.05) is 18.8 Å². The van der Waals surface area contributed by atoms with Crippen molar-refractivity contribution in [2.75, 3.05) is 18.8 Å². The van der Waals surface area contributed by atoms with Crippen LogP contribution in [0.25, 0.3) is 0 Å². The Kier molecular flexibility index (Phi) is 4.10. The standard InChI is InChI=1S/C16H19NO3S/c1-11-10-13(12(2)20-11)16(18)17-6-5-15(21-9-7-17)14-4-3-8-19-14/h3-4,8,10,15H,5-7,9H2,1-2H3. The zero-order chi connectivity index (χ0) is 14.8. The van der Waals surface area contributed by atoms with Crippen LogP contribution in [0, 0.1) is 13.8 Å². The monoisotopic (exact) mass is 305 g/mol. The molecule has 1 aliphatic heterocycles. The van der Waals surface area contributed by atoms with Gasteiger partial charge in [-0.1, -0.05) is 0 Å². The van der Waals surface area contributed by atoms with Crippen LogP contribution in [0.15, 0.2) is 33.3 Å². The zero-order valence-electron chi connectivity index (χ0n) is 12.3. The Bertz CT molecular complexity index is 618. The third kappa shape index (κ3) is 3.02. The lowest BCUT2D eigenvalue weighted by Crippen LogP contribution is -2.33. The van der Waals surface area contributed by atoms with Gasteiger partial charge in [0.2, 0.25) is 0 Å². The fourth-order valence-corrected chi connectivity index (χ4v) is 3.87. The van der Waals surface area contributed by atoms with Crippen LogP contribution in [0.3, 0.4) is 0 Å². The van der Waals surface area contributed by atoms with Crippen LogP contribution in [-0.4, -0.2) is 29.6 Å². The van der Waals surface area contributed by atoms with Gasteiger partial charge in [-0.25, -0.2) is 0 Å². The highest BCUT2D eigenvalue weighted by Crippen LogP contribution is 2.34. The first-order valence-electron chi connectivity index (χ1n) is 7.16. The Labute approximate surface area is 128 Å². The summed E-state index contributed by atoms with van der Waals surface area (Å²) in [6.45, 7) is 5.23. The summed E-state index contributed by atoms with van der Waals surface area (Å²) in [7, 11) is 0. The normalized spacial score (nSPS) is 19.5. The summed E-state index contributed by atoms with van der Waals surface area (Å²) in [6, 6.07) is 5.76. The summed E-state index contributed by atoms with van der Waals surface area (Å²) in [4.78, 5) is 14.5. The number of amides is 1. The minimum atomic E-state index is 0.0741. The maximum atomic E-state index is 12.6. The molecule has 1 fully saturated rings. The van der Waals surface area contributed by atoms with E-state index in [0.29, 0.717) is 16.6 Å². The zero-order valence-corrected chi connectivity index (χ0v) is 13.1. The topological polar surface area (TPSA) is 46.6 Å². The third-order valence-corrected chi connectivity index (χ3v) is 5.05. The van der Waals surface area contributed by atoms with Crippen LogP contribution in [0.2, 0.25) is 0 Å². The molecular formula is C16H19NO3S. The first-order chi connectivity index (χ1) is 10.1. The van der Waals surface area contributed by atoms with Gasteiger partial charge in [-0.3, -0.25) is 4.79 Å². The molecule has 1 aliphatic rings. The highest BCUT2D eigenvalue weighted by molar-refractivity contribution is 7.99. The molecule has 3 heterocycles. The molecule has 112 valence electrons. The van der Waals surface area contributed by atoms with E-state index in [9.17, 15) is 4.79 Å². The third-order valence-electron chi connectivity index (χ3n) is 3.76. The summed E-state index contributed by atoms with van der Waals surface area (Å²) >= 11 is 1.86. The van der Waals surface area contributed by atoms with E-state index in [1.54, 1.807) is 6.26 Å². The highest BCUT2D eigenvalue weighted by atomic mass is 32.2. The number of thioether (sulfide) groups is 1. The molecule has 1 unspecified atom stereocenters. The van der Waals surface area contributed by atoms with Crippen LogP contribution in [0.4, 0.5) is 0 Å². The van der Waals surface area contributed by atoms with Gasteiger partial charge in [-0.05, 0) is 38.5 Å². The Hall–Kier alpha value is -1.62. The molecule has 0 aliphatic carbocycles. The molecule has 1 amide bonds. The predicted octanol–water partition coefficient (Wildman–Crippen LogP) is 3.81. The van der Waals surface area contributed by atoms with Gasteiger partial charge in [-0.15, -0.1) is 11.8 Å². The fourth-order valence-electron chi connectivity index (χ4n) is 2.69. The molecule has 0 radical (unpaired) electrons. The van der Waals surface area contributed by atoms with Crippen molar-refractivity contribution in [3.63, 3.8) is 0 Å². The molecule has 21 heavy (non-hydrogen) atoms. The van der Waals surface area contributed by atoms with Crippen molar-refractivity contribution in [2.24, 2.45) is 0 Å². The largest absolute Gasteiger partial charge is 0.468 e. The van der Waals surface area contributed by atoms with Crippen LogP contribution in [0.5, 0.6) is 0 Å². The molecule has 1 atom stereocenters. The Morgan fingerprint density at radius 2 is 2.24 bits per heavy atom. The van der Waals surface area contributed by atoms with Crippen molar-refractivity contribution in [3.8, 4) is 0 Å². The van der Waals surface area contributed by atoms with Gasteiger partial charge < -0.3 is 13.7 Å². The van der Waals surface area contributed by atoms with Gasteiger partial charge in [-0.2, -0.15) is 0 Å². The number of aryl methyl sites for hydroxylation is 2. The van der Waals surface area contributed by atoms with E-state index >= 15 is 0 Å². The summed E-state index contributed by atoms with van der Waals surface area (Å²) < 4.78 is 11.0. The molecule has 3 rings (SSSR count). The Morgan fingerprint density at radius 3 is 2.90 bits per heavy atom. The van der Waals surface area contributed by atoms with Crippen LogP contribution >= 0.6 is 11.8 Å². The summed E-state index contributed by atoms with van der Waals surface area (Å²) in [5.41, 5.74) is 0.689. The lowest BCUT2D eigenvalue weighted by atomic mass is 10.2. The number of nitrogens with zero attached hydrogens (tertiary/aromatic N) is 1. The lowest BCUT2D eigenvalue weighted by Gasteiger charge is -2.19. The second kappa shape index (κ2) is 6.02. The average molecular weight is 305 g/mol. The summed E-state index contributed by atoms with van der Waals surface area (Å²) in [6.07, 6.45) is 2.63. The molecule has 0 bridgehead atoms. The lowest BCUT2D eigenvalue weighted by molar-refractivity contribution is 0.0764. The van der Waals surface area contributed by atoms with Crippen molar-refractivity contribution in [3.05, 3.63) is 47.3 Å². The predicted molar refractivity (Wildman–Crippen MR) is 82.6 cm³/mol. The van der Waals surface area contributed by atoms with Crippen molar-refractivity contribution >= 4 is 17.7 Å². The van der Waals surface area contributed by atoms with E-state index in [4.69, 9.17) is 8.83 Å². The molecule has 4 nitrogen and oxygen atoms in total. The first kappa shape index (κ1) is 14.3. The molecular weight excluding hydrogens is 286 g/mol. The van der Waals surface area contributed by atoms with Gasteiger partial charge >= 0.3 is 0 Å². The minimum absolute atomic E-state index is 0.0741. The van der Waals surface area contributed by atoms with Gasteiger partial charge in [0.15, 0.2) is 0 Å². The number of hydrogen-bond acceptors (Lipinski definition) is 4. The first-order valence-corrected chi connectivity index (χ1v) is 8.21.